The van der Waals surface area contributed by atoms with E-state index in [1.807, 2.05) is 0 Å². The normalized spacial score (nSPS) is 21.6. The average Bonchev–Trinajstić information content (AvgIpc) is 3.11. The highest BCUT2D eigenvalue weighted by Gasteiger charge is 2.51. The molecule has 2 atom stereocenters. The number of benzene rings is 2. The highest BCUT2D eigenvalue weighted by Crippen LogP contribution is 2.37. The van der Waals surface area contributed by atoms with Crippen molar-refractivity contribution in [3.8, 4) is 17.6 Å². The summed E-state index contributed by atoms with van der Waals surface area (Å²) in [6.45, 7) is -1.97. The summed E-state index contributed by atoms with van der Waals surface area (Å²) in [5, 5.41) is 30.2. The zero-order valence-corrected chi connectivity index (χ0v) is 18.6. The maximum absolute atomic E-state index is 13.1. The van der Waals surface area contributed by atoms with Gasteiger partial charge in [-0.1, -0.05) is 11.6 Å². The molecule has 0 radical (unpaired) electrons. The second-order valence-electron chi connectivity index (χ2n) is 7.28. The summed E-state index contributed by atoms with van der Waals surface area (Å²) in [5.41, 5.74) is -3.93. The lowest BCUT2D eigenvalue weighted by Crippen LogP contribution is -2.48. The summed E-state index contributed by atoms with van der Waals surface area (Å²) in [5.74, 6) is 0.309. The summed E-state index contributed by atoms with van der Waals surface area (Å²) in [7, 11) is -3.19. The number of nitrogens with zero attached hydrogens (tertiary/aromatic N) is 2. The van der Waals surface area contributed by atoms with Crippen molar-refractivity contribution in [1.29, 1.82) is 5.26 Å². The zero-order valence-electron chi connectivity index (χ0n) is 17.0. The van der Waals surface area contributed by atoms with Gasteiger partial charge in [0.05, 0.1) is 36.3 Å². The molecule has 1 fully saturated rings. The molecule has 3 rings (SSSR count). The molecule has 2 aromatic rings. The molecular weight excluding hydrogens is 489 g/mol. The van der Waals surface area contributed by atoms with Gasteiger partial charge in [0.15, 0.2) is 11.5 Å². The first-order valence-corrected chi connectivity index (χ1v) is 11.1. The van der Waals surface area contributed by atoms with Crippen LogP contribution in [0.2, 0.25) is 5.02 Å². The van der Waals surface area contributed by atoms with Gasteiger partial charge in [0.1, 0.15) is 17.8 Å². The van der Waals surface area contributed by atoms with Gasteiger partial charge in [0.25, 0.3) is 0 Å². The molecule has 1 heterocycles. The quantitative estimate of drug-likeness (QED) is 0.617. The standard InChI is InChI=1S/C20H18ClF3N2O6S/c1-31-16-7-14(21)3-4-15(16)32-18-9-26(10-19(18,28)11-27)33(29,30)17-5-2-13(20(22,23)24)6-12(17)8-25/h2-7,18,27-28H,9-11H2,1H3/t18?,19-/m1/s1. The lowest BCUT2D eigenvalue weighted by atomic mass is 10.0. The number of nitriles is 1. The van der Waals surface area contributed by atoms with Crippen molar-refractivity contribution < 1.29 is 41.3 Å². The lowest BCUT2D eigenvalue weighted by Gasteiger charge is -2.27. The molecule has 0 amide bonds. The van der Waals surface area contributed by atoms with E-state index in [-0.39, 0.29) is 11.5 Å². The second-order valence-corrected chi connectivity index (χ2v) is 9.62. The smallest absolute Gasteiger partial charge is 0.416 e. The molecule has 0 aliphatic carbocycles. The van der Waals surface area contributed by atoms with Crippen molar-refractivity contribution in [3.05, 3.63) is 52.5 Å². The first-order chi connectivity index (χ1) is 15.4. The highest BCUT2D eigenvalue weighted by atomic mass is 35.5. The van der Waals surface area contributed by atoms with Gasteiger partial charge in [0.2, 0.25) is 10.0 Å². The van der Waals surface area contributed by atoms with Crippen LogP contribution >= 0.6 is 11.6 Å². The summed E-state index contributed by atoms with van der Waals surface area (Å²) in [4.78, 5) is -0.664. The predicted octanol–water partition coefficient (Wildman–Crippen LogP) is 2.41. The van der Waals surface area contributed by atoms with Crippen LogP contribution in [-0.2, 0) is 16.2 Å². The molecule has 33 heavy (non-hydrogen) atoms. The molecule has 2 aromatic carbocycles. The number of β-amino-alcohol motifs (C(OH)–C–C–N with tert-alkyl or cyclic N) is 1. The molecule has 1 unspecified atom stereocenters. The Labute approximate surface area is 192 Å². The number of hydrogen-bond acceptors (Lipinski definition) is 7. The summed E-state index contributed by atoms with van der Waals surface area (Å²) < 4.78 is 76.8. The molecule has 0 bridgehead atoms. The van der Waals surface area contributed by atoms with E-state index in [4.69, 9.17) is 21.1 Å². The molecule has 1 aliphatic rings. The van der Waals surface area contributed by atoms with Crippen LogP contribution in [-0.4, -0.2) is 61.4 Å². The van der Waals surface area contributed by atoms with Crippen molar-refractivity contribution in [2.75, 3.05) is 26.8 Å². The number of ether oxygens (including phenoxy) is 2. The van der Waals surface area contributed by atoms with E-state index in [9.17, 15) is 37.1 Å². The Morgan fingerprint density at radius 1 is 1.27 bits per heavy atom. The number of hydrogen-bond donors (Lipinski definition) is 2. The lowest BCUT2D eigenvalue weighted by molar-refractivity contribution is -0.137. The SMILES string of the molecule is COc1cc(Cl)ccc1OC1CN(S(=O)(=O)c2ccc(C(F)(F)F)cc2C#N)C[C@@]1(O)CO. The van der Waals surface area contributed by atoms with Crippen LogP contribution in [0.1, 0.15) is 11.1 Å². The van der Waals surface area contributed by atoms with Crippen LogP contribution < -0.4 is 9.47 Å². The van der Waals surface area contributed by atoms with Crippen LogP contribution in [0.4, 0.5) is 13.2 Å². The molecular formula is C20H18ClF3N2O6S. The number of halogens is 4. The molecule has 178 valence electrons. The molecule has 0 aromatic heterocycles. The van der Waals surface area contributed by atoms with E-state index in [1.165, 1.54) is 31.4 Å². The van der Waals surface area contributed by atoms with Crippen LogP contribution in [0.15, 0.2) is 41.3 Å². The Hall–Kier alpha value is -2.56. The van der Waals surface area contributed by atoms with Gasteiger partial charge < -0.3 is 19.7 Å². The first-order valence-electron chi connectivity index (χ1n) is 9.30. The molecule has 13 heteroatoms. The first kappa shape index (κ1) is 25.1. The van der Waals surface area contributed by atoms with Crippen molar-refractivity contribution in [2.24, 2.45) is 0 Å². The number of aliphatic hydroxyl groups excluding tert-OH is 1. The van der Waals surface area contributed by atoms with Crippen molar-refractivity contribution >= 4 is 21.6 Å². The fraction of sp³-hybridized carbons (Fsp3) is 0.350. The molecule has 0 saturated carbocycles. The Morgan fingerprint density at radius 2 is 1.97 bits per heavy atom. The number of methoxy groups -OCH3 is 1. The minimum atomic E-state index is -4.77. The monoisotopic (exact) mass is 506 g/mol. The number of rotatable bonds is 6. The Kier molecular flexibility index (Phi) is 6.84. The fourth-order valence-electron chi connectivity index (χ4n) is 3.36. The van der Waals surface area contributed by atoms with Crippen LogP contribution in [0.3, 0.4) is 0 Å². The van der Waals surface area contributed by atoms with Gasteiger partial charge in [-0.2, -0.15) is 22.7 Å². The van der Waals surface area contributed by atoms with E-state index < -0.39 is 63.6 Å². The third-order valence-corrected chi connectivity index (χ3v) is 7.24. The zero-order chi connectivity index (χ0) is 24.6. The van der Waals surface area contributed by atoms with Gasteiger partial charge in [-0.3, -0.25) is 0 Å². The van der Waals surface area contributed by atoms with Gasteiger partial charge in [-0.25, -0.2) is 8.42 Å². The van der Waals surface area contributed by atoms with Crippen molar-refractivity contribution in [1.82, 2.24) is 4.31 Å². The van der Waals surface area contributed by atoms with Crippen LogP contribution in [0, 0.1) is 11.3 Å². The van der Waals surface area contributed by atoms with E-state index in [0.29, 0.717) is 23.2 Å². The highest BCUT2D eigenvalue weighted by molar-refractivity contribution is 7.89. The minimum Gasteiger partial charge on any atom is -0.493 e. The molecule has 2 N–H and O–H groups in total. The number of sulfonamides is 1. The average molecular weight is 507 g/mol. The van der Waals surface area contributed by atoms with E-state index in [2.05, 4.69) is 0 Å². The summed E-state index contributed by atoms with van der Waals surface area (Å²) in [6.07, 6.45) is -6.04. The topological polar surface area (TPSA) is 120 Å². The fourth-order valence-corrected chi connectivity index (χ4v) is 5.15. The number of alkyl halides is 3. The van der Waals surface area contributed by atoms with Gasteiger partial charge in [0, 0.05) is 17.6 Å². The van der Waals surface area contributed by atoms with Gasteiger partial charge >= 0.3 is 6.18 Å². The van der Waals surface area contributed by atoms with E-state index in [0.717, 1.165) is 4.31 Å². The Balaban J connectivity index is 1.96. The third kappa shape index (κ3) is 4.87. The molecule has 0 spiro atoms. The van der Waals surface area contributed by atoms with Gasteiger partial charge in [-0.15, -0.1) is 0 Å². The second kappa shape index (κ2) is 9.00. The summed E-state index contributed by atoms with van der Waals surface area (Å²) in [6, 6.07) is 7.47. The van der Waals surface area contributed by atoms with E-state index in [1.54, 1.807) is 0 Å². The van der Waals surface area contributed by atoms with Crippen LogP contribution in [0.25, 0.3) is 0 Å². The number of aliphatic hydroxyl groups is 2. The summed E-state index contributed by atoms with van der Waals surface area (Å²) >= 11 is 5.90. The Bertz CT molecular complexity index is 1200. The maximum atomic E-state index is 13.1. The minimum absolute atomic E-state index is 0.116. The molecule has 1 saturated heterocycles. The largest absolute Gasteiger partial charge is 0.493 e. The van der Waals surface area contributed by atoms with Crippen LogP contribution in [0.5, 0.6) is 11.5 Å². The maximum Gasteiger partial charge on any atom is 0.416 e. The molecule has 8 nitrogen and oxygen atoms in total. The van der Waals surface area contributed by atoms with E-state index >= 15 is 0 Å². The van der Waals surface area contributed by atoms with Crippen molar-refractivity contribution in [2.45, 2.75) is 22.8 Å². The third-order valence-electron chi connectivity index (χ3n) is 5.13. The Morgan fingerprint density at radius 3 is 2.55 bits per heavy atom. The molecule has 1 aliphatic heterocycles. The predicted molar refractivity (Wildman–Crippen MR) is 109 cm³/mol. The van der Waals surface area contributed by atoms with Gasteiger partial charge in [-0.05, 0) is 30.3 Å². The van der Waals surface area contributed by atoms with Crippen molar-refractivity contribution in [3.63, 3.8) is 0 Å².